The van der Waals surface area contributed by atoms with Crippen LogP contribution in [0.15, 0.2) is 43.0 Å². The number of amides is 1. The fourth-order valence-electron chi connectivity index (χ4n) is 4.81. The highest BCUT2D eigenvalue weighted by Gasteiger charge is 2.30. The fourth-order valence-corrected chi connectivity index (χ4v) is 4.81. The maximum Gasteiger partial charge on any atom is 0.321 e. The van der Waals surface area contributed by atoms with E-state index in [0.717, 1.165) is 61.2 Å². The average Bonchev–Trinajstić information content (AvgIpc) is 3.30. The van der Waals surface area contributed by atoms with Crippen molar-refractivity contribution in [1.82, 2.24) is 25.1 Å². The maximum atomic E-state index is 12.4. The Morgan fingerprint density at radius 2 is 1.94 bits per heavy atom. The van der Waals surface area contributed by atoms with Crippen molar-refractivity contribution >= 4 is 11.6 Å². The number of ether oxygens (including phenoxy) is 1. The molecule has 0 unspecified atom stereocenters. The molecule has 32 heavy (non-hydrogen) atoms. The molecule has 1 saturated heterocycles. The van der Waals surface area contributed by atoms with Crippen LogP contribution in [-0.2, 0) is 11.2 Å². The van der Waals surface area contributed by atoms with Crippen LogP contribution in [0.1, 0.15) is 44.7 Å². The van der Waals surface area contributed by atoms with Gasteiger partial charge in [0.15, 0.2) is 0 Å². The molecule has 4 heterocycles. The highest BCUT2D eigenvalue weighted by Crippen LogP contribution is 2.44. The highest BCUT2D eigenvalue weighted by molar-refractivity contribution is 5.95. The number of rotatable bonds is 4. The van der Waals surface area contributed by atoms with Gasteiger partial charge in [-0.25, -0.2) is 9.97 Å². The lowest BCUT2D eigenvalue weighted by Crippen LogP contribution is -2.40. The van der Waals surface area contributed by atoms with Gasteiger partial charge in [0.25, 0.3) is 0 Å². The quantitative estimate of drug-likeness (QED) is 0.676. The Morgan fingerprint density at radius 1 is 1.16 bits per heavy atom. The third-order valence-electron chi connectivity index (χ3n) is 6.42. The van der Waals surface area contributed by atoms with Crippen molar-refractivity contribution in [3.8, 4) is 22.9 Å². The van der Waals surface area contributed by atoms with Gasteiger partial charge < -0.3 is 15.0 Å². The van der Waals surface area contributed by atoms with Crippen LogP contribution in [0.4, 0.5) is 5.69 Å². The number of hydrogen-bond acceptors (Lipinski definition) is 6. The van der Waals surface area contributed by atoms with E-state index in [0.29, 0.717) is 17.8 Å². The summed E-state index contributed by atoms with van der Waals surface area (Å²) in [5, 5.41) is 8.07. The predicted octanol–water partition coefficient (Wildman–Crippen LogP) is 3.74. The SMILES string of the molecule is CC(=O)N1c2ccc(-c3cnn(C4CCNCC4)c3)c(Oc3ncccn3)c2CC[C@@H]1C. The average molecular weight is 433 g/mol. The van der Waals surface area contributed by atoms with Gasteiger partial charge in [-0.3, -0.25) is 9.48 Å². The first-order chi connectivity index (χ1) is 15.6. The van der Waals surface area contributed by atoms with E-state index in [2.05, 4.69) is 38.2 Å². The van der Waals surface area contributed by atoms with Crippen LogP contribution in [0.2, 0.25) is 0 Å². The summed E-state index contributed by atoms with van der Waals surface area (Å²) < 4.78 is 8.34. The van der Waals surface area contributed by atoms with Crippen molar-refractivity contribution in [2.75, 3.05) is 18.0 Å². The maximum absolute atomic E-state index is 12.4. The second-order valence-corrected chi connectivity index (χ2v) is 8.54. The summed E-state index contributed by atoms with van der Waals surface area (Å²) in [6.07, 6.45) is 11.2. The van der Waals surface area contributed by atoms with Crippen LogP contribution in [0, 0.1) is 0 Å². The molecule has 0 spiro atoms. The van der Waals surface area contributed by atoms with E-state index in [-0.39, 0.29) is 11.9 Å². The van der Waals surface area contributed by atoms with Crippen molar-refractivity contribution in [2.45, 2.75) is 51.6 Å². The first-order valence-corrected chi connectivity index (χ1v) is 11.3. The van der Waals surface area contributed by atoms with Crippen LogP contribution in [0.5, 0.6) is 11.8 Å². The van der Waals surface area contributed by atoms with E-state index >= 15 is 0 Å². The zero-order valence-corrected chi connectivity index (χ0v) is 18.5. The number of anilines is 1. The number of nitrogens with zero attached hydrogens (tertiary/aromatic N) is 5. The highest BCUT2D eigenvalue weighted by atomic mass is 16.5. The van der Waals surface area contributed by atoms with Crippen LogP contribution >= 0.6 is 0 Å². The number of piperidine rings is 1. The lowest BCUT2D eigenvalue weighted by molar-refractivity contribution is -0.117. The van der Waals surface area contributed by atoms with Gasteiger partial charge in [-0.1, -0.05) is 0 Å². The van der Waals surface area contributed by atoms with Gasteiger partial charge in [0, 0.05) is 48.2 Å². The van der Waals surface area contributed by atoms with Crippen LogP contribution < -0.4 is 15.0 Å². The lowest BCUT2D eigenvalue weighted by atomic mass is 9.92. The minimum Gasteiger partial charge on any atom is -0.423 e. The van der Waals surface area contributed by atoms with Gasteiger partial charge in [0.2, 0.25) is 5.91 Å². The number of hydrogen-bond donors (Lipinski definition) is 1. The van der Waals surface area contributed by atoms with Gasteiger partial charge in [-0.2, -0.15) is 5.10 Å². The summed E-state index contributed by atoms with van der Waals surface area (Å²) in [5.41, 5.74) is 3.84. The first-order valence-electron chi connectivity index (χ1n) is 11.3. The Bertz CT molecular complexity index is 1110. The van der Waals surface area contributed by atoms with Crippen molar-refractivity contribution in [3.05, 3.63) is 48.5 Å². The van der Waals surface area contributed by atoms with E-state index < -0.39 is 0 Å². The van der Waals surface area contributed by atoms with Gasteiger partial charge in [-0.05, 0) is 63.9 Å². The van der Waals surface area contributed by atoms with Crippen molar-refractivity contribution in [3.63, 3.8) is 0 Å². The molecule has 2 aromatic heterocycles. The standard InChI is InChI=1S/C24H28N6O2/c1-16-4-5-21-22(30(16)17(2)31)7-6-20(23(21)32-24-26-10-3-11-27-24)18-14-28-29(15-18)19-8-12-25-13-9-19/h3,6-7,10-11,14-16,19,25H,4-5,8-9,12-13H2,1-2H3/t16-/m0/s1. The fraction of sp³-hybridized carbons (Fsp3) is 0.417. The molecule has 1 amide bonds. The molecule has 1 N–H and O–H groups in total. The van der Waals surface area contributed by atoms with Crippen LogP contribution in [0.25, 0.3) is 11.1 Å². The molecular weight excluding hydrogens is 404 g/mol. The first kappa shape index (κ1) is 20.6. The lowest BCUT2D eigenvalue weighted by Gasteiger charge is -2.35. The number of benzene rings is 1. The molecule has 1 aromatic carbocycles. The number of fused-ring (bicyclic) bond motifs is 1. The summed E-state index contributed by atoms with van der Waals surface area (Å²) in [7, 11) is 0. The molecule has 8 nitrogen and oxygen atoms in total. The minimum atomic E-state index is 0.0341. The Labute approximate surface area is 187 Å². The summed E-state index contributed by atoms with van der Waals surface area (Å²) >= 11 is 0. The smallest absolute Gasteiger partial charge is 0.321 e. The summed E-state index contributed by atoms with van der Waals surface area (Å²) in [6.45, 7) is 5.72. The van der Waals surface area contributed by atoms with Crippen molar-refractivity contribution in [2.24, 2.45) is 0 Å². The number of carbonyl (C=O) groups excluding carboxylic acids is 1. The molecule has 1 fully saturated rings. The molecule has 5 rings (SSSR count). The molecule has 0 bridgehead atoms. The molecule has 2 aliphatic rings. The van der Waals surface area contributed by atoms with E-state index in [1.165, 1.54) is 0 Å². The molecule has 166 valence electrons. The van der Waals surface area contributed by atoms with Crippen molar-refractivity contribution in [1.29, 1.82) is 0 Å². The van der Waals surface area contributed by atoms with Crippen LogP contribution in [0.3, 0.4) is 0 Å². The second kappa shape index (κ2) is 8.70. The summed E-state index contributed by atoms with van der Waals surface area (Å²) in [4.78, 5) is 22.8. The van der Waals surface area contributed by atoms with Crippen LogP contribution in [-0.4, -0.2) is 44.8 Å². The Kier molecular flexibility index (Phi) is 5.61. The van der Waals surface area contributed by atoms with E-state index in [4.69, 9.17) is 4.74 Å². The molecular formula is C24H28N6O2. The zero-order chi connectivity index (χ0) is 22.1. The summed E-state index contributed by atoms with van der Waals surface area (Å²) in [6, 6.07) is 6.65. The molecule has 1 atom stereocenters. The van der Waals surface area contributed by atoms with Gasteiger partial charge in [-0.15, -0.1) is 0 Å². The Balaban J connectivity index is 1.59. The predicted molar refractivity (Wildman–Crippen MR) is 122 cm³/mol. The number of carbonyl (C=O) groups is 1. The largest absolute Gasteiger partial charge is 0.423 e. The third kappa shape index (κ3) is 3.86. The molecule has 2 aliphatic heterocycles. The van der Waals surface area contributed by atoms with E-state index in [9.17, 15) is 4.79 Å². The third-order valence-corrected chi connectivity index (χ3v) is 6.42. The van der Waals surface area contributed by atoms with Gasteiger partial charge >= 0.3 is 6.01 Å². The number of aromatic nitrogens is 4. The van der Waals surface area contributed by atoms with Gasteiger partial charge in [0.1, 0.15) is 5.75 Å². The Hall–Kier alpha value is -3.26. The summed E-state index contributed by atoms with van der Waals surface area (Å²) in [5.74, 6) is 0.739. The second-order valence-electron chi connectivity index (χ2n) is 8.54. The molecule has 0 saturated carbocycles. The van der Waals surface area contributed by atoms with E-state index in [1.807, 2.05) is 23.2 Å². The van der Waals surface area contributed by atoms with E-state index in [1.54, 1.807) is 25.4 Å². The topological polar surface area (TPSA) is 85.2 Å². The molecule has 3 aromatic rings. The monoisotopic (exact) mass is 432 g/mol. The number of nitrogens with one attached hydrogen (secondary N) is 1. The van der Waals surface area contributed by atoms with Gasteiger partial charge in [0.05, 0.1) is 17.9 Å². The zero-order valence-electron chi connectivity index (χ0n) is 18.5. The molecule has 0 aliphatic carbocycles. The molecule has 0 radical (unpaired) electrons. The van der Waals surface area contributed by atoms with Crippen molar-refractivity contribution < 1.29 is 9.53 Å². The normalized spacial score (nSPS) is 18.9. The Morgan fingerprint density at radius 3 is 2.69 bits per heavy atom. The minimum absolute atomic E-state index is 0.0341. The molecule has 8 heteroatoms.